The maximum Gasteiger partial charge on any atom is 0.258 e. The molecule has 0 N–H and O–H groups in total. The molecule has 5 heteroatoms. The average molecular weight is 288 g/mol. The molecule has 1 aromatic carbocycles. The first-order valence-corrected chi connectivity index (χ1v) is 6.57. The number of carbonyl (C=O) groups excluding carboxylic acids is 1. The zero-order valence-electron chi connectivity index (χ0n) is 12.2. The van der Waals surface area contributed by atoms with E-state index >= 15 is 0 Å². The first kappa shape index (κ1) is 15.0. The fourth-order valence-electron chi connectivity index (χ4n) is 2.13. The summed E-state index contributed by atoms with van der Waals surface area (Å²) in [4.78, 5) is 17.4. The summed E-state index contributed by atoms with van der Waals surface area (Å²) in [5.74, 6) is -0.489. The normalized spacial score (nSPS) is 11.8. The van der Waals surface area contributed by atoms with Crippen molar-refractivity contribution in [3.8, 4) is 5.75 Å². The second-order valence-electron chi connectivity index (χ2n) is 4.68. The van der Waals surface area contributed by atoms with Crippen LogP contribution in [-0.4, -0.2) is 29.9 Å². The summed E-state index contributed by atoms with van der Waals surface area (Å²) in [5.41, 5.74) is 0.821. The summed E-state index contributed by atoms with van der Waals surface area (Å²) in [5, 5.41) is 0. The molecular formula is C16H17FN2O2. The van der Waals surface area contributed by atoms with E-state index in [1.54, 1.807) is 14.2 Å². The van der Waals surface area contributed by atoms with Gasteiger partial charge in [0.2, 0.25) is 5.95 Å². The number of hydrogen-bond acceptors (Lipinski definition) is 3. The first-order chi connectivity index (χ1) is 10.1. The van der Waals surface area contributed by atoms with Crippen molar-refractivity contribution in [1.82, 2.24) is 9.88 Å². The highest BCUT2D eigenvalue weighted by Crippen LogP contribution is 2.29. The van der Waals surface area contributed by atoms with E-state index in [0.29, 0.717) is 5.75 Å². The van der Waals surface area contributed by atoms with Crippen molar-refractivity contribution < 1.29 is 13.9 Å². The second kappa shape index (κ2) is 6.35. The van der Waals surface area contributed by atoms with Crippen LogP contribution in [0, 0.1) is 5.95 Å². The smallest absolute Gasteiger partial charge is 0.258 e. The first-order valence-electron chi connectivity index (χ1n) is 6.57. The van der Waals surface area contributed by atoms with Gasteiger partial charge < -0.3 is 9.64 Å². The number of aromatic nitrogens is 1. The zero-order valence-corrected chi connectivity index (χ0v) is 12.2. The van der Waals surface area contributed by atoms with Crippen molar-refractivity contribution in [3.63, 3.8) is 0 Å². The molecule has 1 aromatic heterocycles. The van der Waals surface area contributed by atoms with E-state index < -0.39 is 11.9 Å². The van der Waals surface area contributed by atoms with Crippen molar-refractivity contribution in [3.05, 3.63) is 59.7 Å². The van der Waals surface area contributed by atoms with E-state index in [4.69, 9.17) is 4.74 Å². The molecule has 1 amide bonds. The van der Waals surface area contributed by atoms with E-state index in [2.05, 4.69) is 4.98 Å². The van der Waals surface area contributed by atoms with Gasteiger partial charge >= 0.3 is 0 Å². The van der Waals surface area contributed by atoms with E-state index in [1.807, 2.05) is 31.2 Å². The number of methoxy groups -OCH3 is 1. The lowest BCUT2D eigenvalue weighted by Gasteiger charge is -2.26. The number of carbonyl (C=O) groups is 1. The molecule has 0 saturated heterocycles. The quantitative estimate of drug-likeness (QED) is 0.812. The van der Waals surface area contributed by atoms with Gasteiger partial charge in [0.1, 0.15) is 5.75 Å². The van der Waals surface area contributed by atoms with Crippen molar-refractivity contribution in [2.75, 3.05) is 14.2 Å². The number of rotatable bonds is 4. The number of nitrogens with zero attached hydrogens (tertiary/aromatic N) is 2. The number of halogens is 1. The predicted molar refractivity (Wildman–Crippen MR) is 77.7 cm³/mol. The molecular weight excluding hydrogens is 271 g/mol. The molecule has 21 heavy (non-hydrogen) atoms. The van der Waals surface area contributed by atoms with E-state index in [1.165, 1.54) is 23.2 Å². The fourth-order valence-corrected chi connectivity index (χ4v) is 2.13. The van der Waals surface area contributed by atoms with Gasteiger partial charge in [0, 0.05) is 18.8 Å². The Morgan fingerprint density at radius 1 is 1.29 bits per heavy atom. The minimum absolute atomic E-state index is 0.0400. The lowest BCUT2D eigenvalue weighted by Crippen LogP contribution is -2.30. The van der Waals surface area contributed by atoms with Gasteiger partial charge in [-0.3, -0.25) is 4.79 Å². The molecule has 0 saturated carbocycles. The van der Waals surface area contributed by atoms with Gasteiger partial charge in [-0.2, -0.15) is 4.39 Å². The zero-order chi connectivity index (χ0) is 15.4. The van der Waals surface area contributed by atoms with Crippen LogP contribution < -0.4 is 4.74 Å². The summed E-state index contributed by atoms with van der Waals surface area (Å²) in [7, 11) is 3.21. The Kier molecular flexibility index (Phi) is 4.52. The maximum atomic E-state index is 13.6. The Labute approximate surface area is 123 Å². The van der Waals surface area contributed by atoms with Crippen molar-refractivity contribution >= 4 is 5.91 Å². The van der Waals surface area contributed by atoms with Gasteiger partial charge in [0.25, 0.3) is 5.91 Å². The number of pyridine rings is 1. The summed E-state index contributed by atoms with van der Waals surface area (Å²) in [6.07, 6.45) is 1.32. The number of hydrogen-bond donors (Lipinski definition) is 0. The third kappa shape index (κ3) is 3.02. The Hall–Kier alpha value is -2.43. The molecule has 0 aliphatic heterocycles. The van der Waals surface area contributed by atoms with Gasteiger partial charge in [-0.1, -0.05) is 18.2 Å². The van der Waals surface area contributed by atoms with Crippen LogP contribution >= 0.6 is 0 Å². The largest absolute Gasteiger partial charge is 0.496 e. The summed E-state index contributed by atoms with van der Waals surface area (Å²) < 4.78 is 18.9. The van der Waals surface area contributed by atoms with Crippen LogP contribution in [0.2, 0.25) is 0 Å². The molecule has 4 nitrogen and oxygen atoms in total. The van der Waals surface area contributed by atoms with Crippen LogP contribution in [0.4, 0.5) is 4.39 Å². The van der Waals surface area contributed by atoms with E-state index in [9.17, 15) is 9.18 Å². The van der Waals surface area contributed by atoms with Gasteiger partial charge in [-0.05, 0) is 25.1 Å². The molecule has 1 atom stereocenters. The lowest BCUT2D eigenvalue weighted by atomic mass is 10.1. The van der Waals surface area contributed by atoms with Gasteiger partial charge in [0.15, 0.2) is 0 Å². The fraction of sp³-hybridized carbons (Fsp3) is 0.250. The molecule has 0 radical (unpaired) electrons. The summed E-state index contributed by atoms with van der Waals surface area (Å²) in [6, 6.07) is 10.2. The Morgan fingerprint density at radius 3 is 2.67 bits per heavy atom. The summed E-state index contributed by atoms with van der Waals surface area (Å²) in [6.45, 7) is 1.87. The summed E-state index contributed by atoms with van der Waals surface area (Å²) >= 11 is 0. The van der Waals surface area contributed by atoms with Crippen LogP contribution in [0.5, 0.6) is 5.75 Å². The number of ether oxygens (including phenoxy) is 1. The van der Waals surface area contributed by atoms with Crippen molar-refractivity contribution in [2.24, 2.45) is 0 Å². The number of para-hydroxylation sites is 1. The standard InChI is InChI=1S/C16H17FN2O2/c1-11(12-7-4-5-9-14(12)21-3)19(2)16(20)13-8-6-10-18-15(13)17/h4-11H,1-3H3. The third-order valence-corrected chi connectivity index (χ3v) is 3.48. The minimum Gasteiger partial charge on any atom is -0.496 e. The van der Waals surface area contributed by atoms with Gasteiger partial charge in [-0.25, -0.2) is 4.98 Å². The van der Waals surface area contributed by atoms with E-state index in [-0.39, 0.29) is 11.6 Å². The maximum absolute atomic E-state index is 13.6. The SMILES string of the molecule is COc1ccccc1C(C)N(C)C(=O)c1cccnc1F. The number of amides is 1. The van der Waals surface area contributed by atoms with E-state index in [0.717, 1.165) is 5.56 Å². The number of benzene rings is 1. The minimum atomic E-state index is -0.762. The monoisotopic (exact) mass is 288 g/mol. The van der Waals surface area contributed by atoms with Crippen LogP contribution in [0.25, 0.3) is 0 Å². The second-order valence-corrected chi connectivity index (χ2v) is 4.68. The van der Waals surface area contributed by atoms with Gasteiger partial charge in [0.05, 0.1) is 18.7 Å². The molecule has 0 fully saturated rings. The molecule has 0 spiro atoms. The third-order valence-electron chi connectivity index (χ3n) is 3.48. The van der Waals surface area contributed by atoms with Crippen LogP contribution in [0.15, 0.2) is 42.6 Å². The molecule has 2 aromatic rings. The van der Waals surface area contributed by atoms with Crippen LogP contribution in [0.3, 0.4) is 0 Å². The van der Waals surface area contributed by atoms with Crippen LogP contribution in [0.1, 0.15) is 28.9 Å². The van der Waals surface area contributed by atoms with Crippen molar-refractivity contribution in [2.45, 2.75) is 13.0 Å². The van der Waals surface area contributed by atoms with Gasteiger partial charge in [-0.15, -0.1) is 0 Å². The molecule has 110 valence electrons. The highest BCUT2D eigenvalue weighted by molar-refractivity contribution is 5.94. The van der Waals surface area contributed by atoms with Crippen molar-refractivity contribution in [1.29, 1.82) is 0 Å². The molecule has 0 bridgehead atoms. The Bertz CT molecular complexity index is 646. The van der Waals surface area contributed by atoms with Crippen LogP contribution in [-0.2, 0) is 0 Å². The molecule has 0 aliphatic carbocycles. The molecule has 0 aliphatic rings. The molecule has 1 unspecified atom stereocenters. The Morgan fingerprint density at radius 2 is 2.00 bits per heavy atom. The Balaban J connectivity index is 2.29. The lowest BCUT2D eigenvalue weighted by molar-refractivity contribution is 0.0735. The molecule has 2 rings (SSSR count). The predicted octanol–water partition coefficient (Wildman–Crippen LogP) is 3.06. The molecule has 1 heterocycles. The topological polar surface area (TPSA) is 42.4 Å². The average Bonchev–Trinajstić information content (AvgIpc) is 2.53. The highest BCUT2D eigenvalue weighted by atomic mass is 19.1. The highest BCUT2D eigenvalue weighted by Gasteiger charge is 2.23.